The van der Waals surface area contributed by atoms with E-state index in [0.29, 0.717) is 6.61 Å². The summed E-state index contributed by atoms with van der Waals surface area (Å²) in [6.07, 6.45) is 8.70. The van der Waals surface area contributed by atoms with E-state index in [0.717, 1.165) is 33.7 Å². The van der Waals surface area contributed by atoms with E-state index >= 15 is 0 Å². The molecular formula is C20H21O2P. The minimum atomic E-state index is -3.12. The molecule has 0 aliphatic carbocycles. The van der Waals surface area contributed by atoms with Gasteiger partial charge in [-0.1, -0.05) is 60.2 Å². The van der Waals surface area contributed by atoms with Crippen LogP contribution < -0.4 is 10.6 Å². The summed E-state index contributed by atoms with van der Waals surface area (Å²) in [6.45, 7) is 4.35. The third kappa shape index (κ3) is 3.24. The largest absolute Gasteiger partial charge is 0.318 e. The zero-order valence-corrected chi connectivity index (χ0v) is 14.4. The van der Waals surface area contributed by atoms with E-state index in [1.165, 1.54) is 0 Å². The summed E-state index contributed by atoms with van der Waals surface area (Å²) < 4.78 is 20.0. The highest BCUT2D eigenvalue weighted by Crippen LogP contribution is 2.46. The van der Waals surface area contributed by atoms with Crippen molar-refractivity contribution in [3.05, 3.63) is 83.5 Å². The molecule has 23 heavy (non-hydrogen) atoms. The minimum Gasteiger partial charge on any atom is -0.318 e. The maximum Gasteiger partial charge on any atom is 0.262 e. The molecule has 2 aromatic rings. The van der Waals surface area contributed by atoms with Crippen LogP contribution in [0.5, 0.6) is 0 Å². The van der Waals surface area contributed by atoms with E-state index in [1.54, 1.807) is 0 Å². The Hall–Kier alpha value is -1.89. The number of fused-ring (bicyclic) bond motifs is 1. The molecule has 2 aromatic carbocycles. The predicted octanol–water partition coefficient (Wildman–Crippen LogP) is 4.22. The van der Waals surface area contributed by atoms with E-state index in [4.69, 9.17) is 4.52 Å². The predicted molar refractivity (Wildman–Crippen MR) is 97.2 cm³/mol. The maximum absolute atomic E-state index is 14.0. The molecule has 1 atom stereocenters. The average molecular weight is 324 g/mol. The molecule has 3 rings (SSSR count). The van der Waals surface area contributed by atoms with Crippen molar-refractivity contribution >= 4 is 18.0 Å². The molecule has 0 saturated carbocycles. The Bertz CT molecular complexity index is 818. The van der Waals surface area contributed by atoms with Crippen LogP contribution >= 0.6 is 7.37 Å². The molecule has 2 nitrogen and oxygen atoms in total. The molecule has 0 aromatic heterocycles. The molecule has 0 bridgehead atoms. The fraction of sp³-hybridized carbons (Fsp3) is 0.200. The van der Waals surface area contributed by atoms with Gasteiger partial charge in [0, 0.05) is 10.6 Å². The lowest BCUT2D eigenvalue weighted by Gasteiger charge is -2.23. The first-order valence-corrected chi connectivity index (χ1v) is 9.46. The summed E-state index contributed by atoms with van der Waals surface area (Å²) >= 11 is 0. The SMILES string of the molecule is Cc1ccc(C)c(P2(=O)OC/C=C\C=C/Cc3ccccc32)c1. The molecule has 1 heterocycles. The number of hydrogen-bond donors (Lipinski definition) is 0. The van der Waals surface area contributed by atoms with Gasteiger partial charge in [-0.2, -0.15) is 0 Å². The van der Waals surface area contributed by atoms with Crippen molar-refractivity contribution in [1.29, 1.82) is 0 Å². The summed E-state index contributed by atoms with van der Waals surface area (Å²) in [5.41, 5.74) is 3.16. The number of rotatable bonds is 1. The van der Waals surface area contributed by atoms with E-state index in [2.05, 4.69) is 6.08 Å². The highest BCUT2D eigenvalue weighted by atomic mass is 31.2. The fourth-order valence-electron chi connectivity index (χ4n) is 2.83. The first-order chi connectivity index (χ1) is 11.1. The molecule has 0 saturated heterocycles. The lowest BCUT2D eigenvalue weighted by Crippen LogP contribution is -2.23. The van der Waals surface area contributed by atoms with Gasteiger partial charge in [-0.3, -0.25) is 4.57 Å². The van der Waals surface area contributed by atoms with E-state index < -0.39 is 7.37 Å². The summed E-state index contributed by atoms with van der Waals surface area (Å²) in [4.78, 5) is 0. The molecule has 0 radical (unpaired) electrons. The minimum absolute atomic E-state index is 0.337. The van der Waals surface area contributed by atoms with E-state index in [1.807, 2.05) is 74.5 Å². The van der Waals surface area contributed by atoms with Gasteiger partial charge in [0.25, 0.3) is 7.37 Å². The number of hydrogen-bond acceptors (Lipinski definition) is 2. The second-order valence-electron chi connectivity index (χ2n) is 5.83. The Morgan fingerprint density at radius 3 is 2.61 bits per heavy atom. The van der Waals surface area contributed by atoms with Crippen molar-refractivity contribution in [2.24, 2.45) is 0 Å². The van der Waals surface area contributed by atoms with Gasteiger partial charge in [-0.05, 0) is 43.5 Å². The summed E-state index contributed by atoms with van der Waals surface area (Å²) in [7, 11) is -3.12. The zero-order valence-electron chi connectivity index (χ0n) is 13.5. The Kier molecular flexibility index (Phi) is 4.66. The topological polar surface area (TPSA) is 26.3 Å². The van der Waals surface area contributed by atoms with Crippen LogP contribution in [0.15, 0.2) is 66.8 Å². The molecule has 1 unspecified atom stereocenters. The van der Waals surface area contributed by atoms with Crippen molar-refractivity contribution in [2.45, 2.75) is 20.3 Å². The van der Waals surface area contributed by atoms with Gasteiger partial charge in [-0.15, -0.1) is 0 Å². The van der Waals surface area contributed by atoms with Gasteiger partial charge >= 0.3 is 0 Å². The van der Waals surface area contributed by atoms with Gasteiger partial charge in [-0.25, -0.2) is 0 Å². The van der Waals surface area contributed by atoms with Gasteiger partial charge < -0.3 is 4.52 Å². The quantitative estimate of drug-likeness (QED) is 0.734. The van der Waals surface area contributed by atoms with Crippen LogP contribution in [0.25, 0.3) is 0 Å². The Morgan fingerprint density at radius 2 is 1.74 bits per heavy atom. The lowest BCUT2D eigenvalue weighted by atomic mass is 10.1. The molecule has 3 heteroatoms. The summed E-state index contributed by atoms with van der Waals surface area (Å²) in [5.74, 6) is 0. The monoisotopic (exact) mass is 324 g/mol. The normalized spacial score (nSPS) is 23.7. The smallest absolute Gasteiger partial charge is 0.262 e. The van der Waals surface area contributed by atoms with E-state index in [9.17, 15) is 4.57 Å². The van der Waals surface area contributed by atoms with Crippen LogP contribution in [0.1, 0.15) is 16.7 Å². The van der Waals surface area contributed by atoms with Crippen molar-refractivity contribution in [1.82, 2.24) is 0 Å². The zero-order chi connectivity index (χ0) is 16.3. The third-order valence-corrected chi connectivity index (χ3v) is 6.76. The van der Waals surface area contributed by atoms with Crippen LogP contribution in [-0.4, -0.2) is 6.61 Å². The second-order valence-corrected chi connectivity index (χ2v) is 8.15. The summed E-state index contributed by atoms with van der Waals surface area (Å²) in [5, 5.41) is 1.62. The molecular weight excluding hydrogens is 303 g/mol. The molecule has 0 amide bonds. The third-order valence-electron chi connectivity index (χ3n) is 4.06. The molecule has 0 spiro atoms. The molecule has 1 aliphatic rings. The first-order valence-electron chi connectivity index (χ1n) is 7.84. The number of aryl methyl sites for hydroxylation is 2. The van der Waals surface area contributed by atoms with Gasteiger partial charge in [0.1, 0.15) is 0 Å². The van der Waals surface area contributed by atoms with Crippen LogP contribution in [-0.2, 0) is 15.5 Å². The van der Waals surface area contributed by atoms with Crippen LogP contribution in [0, 0.1) is 13.8 Å². The number of allylic oxidation sites excluding steroid dienone is 3. The molecule has 118 valence electrons. The standard InChI is InChI=1S/C20H21O2P/c1-16-12-13-17(2)20(15-16)23(21)19-11-7-6-10-18(19)9-5-3-4-8-14-22-23/h3-8,10-13,15H,9,14H2,1-2H3/b5-3-,8-4-. The first kappa shape index (κ1) is 16.0. The van der Waals surface area contributed by atoms with Crippen molar-refractivity contribution in [3.63, 3.8) is 0 Å². The lowest BCUT2D eigenvalue weighted by molar-refractivity contribution is 0.368. The fourth-order valence-corrected chi connectivity index (χ4v) is 5.40. The Morgan fingerprint density at radius 1 is 0.957 bits per heavy atom. The van der Waals surface area contributed by atoms with Gasteiger partial charge in [0.2, 0.25) is 0 Å². The molecule has 1 aliphatic heterocycles. The molecule has 0 N–H and O–H groups in total. The van der Waals surface area contributed by atoms with Crippen molar-refractivity contribution < 1.29 is 9.09 Å². The number of benzene rings is 2. The second kappa shape index (κ2) is 6.70. The highest BCUT2D eigenvalue weighted by molar-refractivity contribution is 7.74. The van der Waals surface area contributed by atoms with Crippen molar-refractivity contribution in [3.8, 4) is 0 Å². The maximum atomic E-state index is 14.0. The average Bonchev–Trinajstić information content (AvgIpc) is 2.56. The van der Waals surface area contributed by atoms with Crippen LogP contribution in [0.4, 0.5) is 0 Å². The van der Waals surface area contributed by atoms with Gasteiger partial charge in [0.05, 0.1) is 6.61 Å². The Balaban J connectivity index is 2.24. The van der Waals surface area contributed by atoms with Crippen LogP contribution in [0.2, 0.25) is 0 Å². The van der Waals surface area contributed by atoms with Crippen LogP contribution in [0.3, 0.4) is 0 Å². The Labute approximate surface area is 138 Å². The van der Waals surface area contributed by atoms with Gasteiger partial charge in [0.15, 0.2) is 0 Å². The van der Waals surface area contributed by atoms with Crippen molar-refractivity contribution in [2.75, 3.05) is 6.61 Å². The molecule has 0 fully saturated rings. The van der Waals surface area contributed by atoms with E-state index in [-0.39, 0.29) is 0 Å². The summed E-state index contributed by atoms with van der Waals surface area (Å²) in [6, 6.07) is 14.0. The highest BCUT2D eigenvalue weighted by Gasteiger charge is 2.32.